The number of methoxy groups -OCH3 is 3. The summed E-state index contributed by atoms with van der Waals surface area (Å²) < 4.78 is 16.0. The molecular formula is C14H23NO3. The lowest BCUT2D eigenvalue weighted by Gasteiger charge is -2.16. The van der Waals surface area contributed by atoms with Crippen LogP contribution >= 0.6 is 0 Å². The van der Waals surface area contributed by atoms with E-state index in [2.05, 4.69) is 19.2 Å². The van der Waals surface area contributed by atoms with Crippen molar-refractivity contribution in [2.24, 2.45) is 0 Å². The van der Waals surface area contributed by atoms with E-state index in [4.69, 9.17) is 14.2 Å². The quantitative estimate of drug-likeness (QED) is 0.809. The summed E-state index contributed by atoms with van der Waals surface area (Å²) in [5.41, 5.74) is 1.11. The molecule has 0 saturated heterocycles. The van der Waals surface area contributed by atoms with Crippen molar-refractivity contribution in [2.45, 2.75) is 26.3 Å². The Morgan fingerprint density at radius 1 is 1.00 bits per heavy atom. The summed E-state index contributed by atoms with van der Waals surface area (Å²) in [4.78, 5) is 0. The first-order valence-corrected chi connectivity index (χ1v) is 6.15. The molecule has 18 heavy (non-hydrogen) atoms. The lowest BCUT2D eigenvalue weighted by Crippen LogP contribution is -2.25. The van der Waals surface area contributed by atoms with E-state index in [-0.39, 0.29) is 0 Å². The van der Waals surface area contributed by atoms with Crippen molar-refractivity contribution in [3.05, 3.63) is 17.7 Å². The third-order valence-electron chi connectivity index (χ3n) is 2.73. The SMILES string of the molecule is COc1ccc(CCNC(C)C)c(OC)c1OC. The van der Waals surface area contributed by atoms with Gasteiger partial charge in [0.1, 0.15) is 0 Å². The van der Waals surface area contributed by atoms with Crippen LogP contribution in [0.2, 0.25) is 0 Å². The monoisotopic (exact) mass is 253 g/mol. The van der Waals surface area contributed by atoms with E-state index in [0.29, 0.717) is 17.5 Å². The minimum atomic E-state index is 0.483. The van der Waals surface area contributed by atoms with Gasteiger partial charge in [0.15, 0.2) is 11.5 Å². The van der Waals surface area contributed by atoms with Crippen LogP contribution in [0.15, 0.2) is 12.1 Å². The summed E-state index contributed by atoms with van der Waals surface area (Å²) in [7, 11) is 4.89. The van der Waals surface area contributed by atoms with Gasteiger partial charge in [-0.3, -0.25) is 0 Å². The summed E-state index contributed by atoms with van der Waals surface area (Å²) in [6.07, 6.45) is 0.891. The maximum atomic E-state index is 5.43. The fourth-order valence-corrected chi connectivity index (χ4v) is 1.86. The number of benzene rings is 1. The van der Waals surface area contributed by atoms with Crippen LogP contribution in [0.25, 0.3) is 0 Å². The second-order valence-electron chi connectivity index (χ2n) is 4.35. The molecule has 1 N–H and O–H groups in total. The maximum absolute atomic E-state index is 5.43. The predicted molar refractivity (Wildman–Crippen MR) is 72.9 cm³/mol. The molecule has 4 heteroatoms. The average molecular weight is 253 g/mol. The van der Waals surface area contributed by atoms with Gasteiger partial charge in [-0.05, 0) is 24.6 Å². The fourth-order valence-electron chi connectivity index (χ4n) is 1.86. The van der Waals surface area contributed by atoms with Gasteiger partial charge >= 0.3 is 0 Å². The molecule has 0 heterocycles. The van der Waals surface area contributed by atoms with Gasteiger partial charge in [0.25, 0.3) is 0 Å². The molecular weight excluding hydrogens is 230 g/mol. The molecule has 0 atom stereocenters. The zero-order valence-corrected chi connectivity index (χ0v) is 11.9. The van der Waals surface area contributed by atoms with Crippen molar-refractivity contribution < 1.29 is 14.2 Å². The van der Waals surface area contributed by atoms with E-state index < -0.39 is 0 Å². The third-order valence-corrected chi connectivity index (χ3v) is 2.73. The second kappa shape index (κ2) is 7.11. The zero-order valence-electron chi connectivity index (χ0n) is 11.9. The first-order valence-electron chi connectivity index (χ1n) is 6.15. The van der Waals surface area contributed by atoms with Crippen molar-refractivity contribution in [3.8, 4) is 17.2 Å². The molecule has 0 aliphatic carbocycles. The number of ether oxygens (including phenoxy) is 3. The molecule has 0 bridgehead atoms. The van der Waals surface area contributed by atoms with Gasteiger partial charge in [0.2, 0.25) is 5.75 Å². The largest absolute Gasteiger partial charge is 0.493 e. The molecule has 0 radical (unpaired) electrons. The van der Waals surface area contributed by atoms with Crippen LogP contribution in [-0.2, 0) is 6.42 Å². The molecule has 0 unspecified atom stereocenters. The molecule has 0 aliphatic heterocycles. The summed E-state index contributed by atoms with van der Waals surface area (Å²) >= 11 is 0. The van der Waals surface area contributed by atoms with Crippen LogP contribution < -0.4 is 19.5 Å². The Morgan fingerprint density at radius 3 is 2.17 bits per heavy atom. The summed E-state index contributed by atoms with van der Waals surface area (Å²) in [5.74, 6) is 2.10. The molecule has 1 aromatic carbocycles. The molecule has 102 valence electrons. The second-order valence-corrected chi connectivity index (χ2v) is 4.35. The average Bonchev–Trinajstić information content (AvgIpc) is 2.37. The van der Waals surface area contributed by atoms with Crippen molar-refractivity contribution >= 4 is 0 Å². The lowest BCUT2D eigenvalue weighted by molar-refractivity contribution is 0.322. The Kier molecular flexibility index (Phi) is 5.78. The van der Waals surface area contributed by atoms with Crippen molar-refractivity contribution in [1.29, 1.82) is 0 Å². The molecule has 0 aliphatic rings. The number of hydrogen-bond acceptors (Lipinski definition) is 4. The van der Waals surface area contributed by atoms with Crippen LogP contribution in [0.4, 0.5) is 0 Å². The highest BCUT2D eigenvalue weighted by molar-refractivity contribution is 5.55. The van der Waals surface area contributed by atoms with Crippen molar-refractivity contribution in [3.63, 3.8) is 0 Å². The van der Waals surface area contributed by atoms with Gasteiger partial charge in [-0.1, -0.05) is 19.9 Å². The van der Waals surface area contributed by atoms with Crippen LogP contribution in [0.1, 0.15) is 19.4 Å². The molecule has 1 rings (SSSR count). The Labute approximate surface area is 109 Å². The van der Waals surface area contributed by atoms with Crippen LogP contribution in [-0.4, -0.2) is 33.9 Å². The van der Waals surface area contributed by atoms with E-state index in [1.54, 1.807) is 21.3 Å². The standard InChI is InChI=1S/C14H23NO3/c1-10(2)15-9-8-11-6-7-12(16-3)14(18-5)13(11)17-4/h6-7,10,15H,8-9H2,1-5H3. The topological polar surface area (TPSA) is 39.7 Å². The molecule has 0 amide bonds. The van der Waals surface area contributed by atoms with E-state index in [9.17, 15) is 0 Å². The zero-order chi connectivity index (χ0) is 13.5. The van der Waals surface area contributed by atoms with Gasteiger partial charge in [0, 0.05) is 6.04 Å². The Morgan fingerprint density at radius 2 is 1.67 bits per heavy atom. The molecule has 0 aromatic heterocycles. The first-order chi connectivity index (χ1) is 8.63. The first kappa shape index (κ1) is 14.6. The highest BCUT2D eigenvalue weighted by atomic mass is 16.5. The van der Waals surface area contributed by atoms with E-state index >= 15 is 0 Å². The molecule has 0 saturated carbocycles. The Bertz CT molecular complexity index is 378. The highest BCUT2D eigenvalue weighted by Gasteiger charge is 2.15. The Balaban J connectivity index is 2.91. The van der Waals surface area contributed by atoms with Gasteiger partial charge in [-0.2, -0.15) is 0 Å². The maximum Gasteiger partial charge on any atom is 0.203 e. The van der Waals surface area contributed by atoms with Gasteiger partial charge < -0.3 is 19.5 Å². The van der Waals surface area contributed by atoms with E-state index in [0.717, 1.165) is 24.3 Å². The van der Waals surface area contributed by atoms with Crippen LogP contribution in [0.3, 0.4) is 0 Å². The smallest absolute Gasteiger partial charge is 0.203 e. The molecule has 4 nitrogen and oxygen atoms in total. The number of rotatable bonds is 7. The van der Waals surface area contributed by atoms with Crippen LogP contribution in [0, 0.1) is 0 Å². The minimum Gasteiger partial charge on any atom is -0.493 e. The predicted octanol–water partition coefficient (Wildman–Crippen LogP) is 2.25. The number of hydrogen-bond donors (Lipinski definition) is 1. The summed E-state index contributed by atoms with van der Waals surface area (Å²) in [5, 5.41) is 3.38. The minimum absolute atomic E-state index is 0.483. The molecule has 0 fully saturated rings. The molecule has 0 spiro atoms. The van der Waals surface area contributed by atoms with Crippen molar-refractivity contribution in [1.82, 2.24) is 5.32 Å². The van der Waals surface area contributed by atoms with Crippen LogP contribution in [0.5, 0.6) is 17.2 Å². The van der Waals surface area contributed by atoms with E-state index in [1.807, 2.05) is 12.1 Å². The number of nitrogens with one attached hydrogen (secondary N) is 1. The molecule has 1 aromatic rings. The normalized spacial score (nSPS) is 10.6. The lowest BCUT2D eigenvalue weighted by atomic mass is 10.1. The van der Waals surface area contributed by atoms with Crippen molar-refractivity contribution in [2.75, 3.05) is 27.9 Å². The van der Waals surface area contributed by atoms with Gasteiger partial charge in [-0.15, -0.1) is 0 Å². The fraction of sp³-hybridized carbons (Fsp3) is 0.571. The third kappa shape index (κ3) is 3.53. The van der Waals surface area contributed by atoms with Gasteiger partial charge in [0.05, 0.1) is 21.3 Å². The highest BCUT2D eigenvalue weighted by Crippen LogP contribution is 2.39. The Hall–Kier alpha value is -1.42. The van der Waals surface area contributed by atoms with E-state index in [1.165, 1.54) is 0 Å². The summed E-state index contributed by atoms with van der Waals surface area (Å²) in [6, 6.07) is 4.41. The van der Waals surface area contributed by atoms with Gasteiger partial charge in [-0.25, -0.2) is 0 Å². The summed E-state index contributed by atoms with van der Waals surface area (Å²) in [6.45, 7) is 5.17.